The number of aryl methyl sites for hydroxylation is 1. The molecule has 1 aliphatic carbocycles. The van der Waals surface area contributed by atoms with Gasteiger partial charge in [0, 0.05) is 31.0 Å². The fraction of sp³-hybridized carbons (Fsp3) is 0.625. The van der Waals surface area contributed by atoms with Crippen molar-refractivity contribution in [3.05, 3.63) is 29.6 Å². The summed E-state index contributed by atoms with van der Waals surface area (Å²) >= 11 is 0. The highest BCUT2D eigenvalue weighted by Crippen LogP contribution is 2.38. The summed E-state index contributed by atoms with van der Waals surface area (Å²) in [5, 5.41) is 0. The van der Waals surface area contributed by atoms with E-state index in [0.29, 0.717) is 0 Å². The number of hydrogen-bond acceptors (Lipinski definition) is 4. The lowest BCUT2D eigenvalue weighted by molar-refractivity contribution is -0.0130. The third kappa shape index (κ3) is 2.38. The van der Waals surface area contributed by atoms with Gasteiger partial charge in [-0.05, 0) is 31.4 Å². The Labute approximate surface area is 120 Å². The quantitative estimate of drug-likeness (QED) is 0.793. The van der Waals surface area contributed by atoms with Crippen molar-refractivity contribution in [2.24, 2.45) is 0 Å². The average Bonchev–Trinajstić information content (AvgIpc) is 2.98. The monoisotopic (exact) mass is 274 g/mol. The van der Waals surface area contributed by atoms with Crippen LogP contribution in [-0.2, 0) is 4.74 Å². The maximum Gasteiger partial charge on any atom is 0.184 e. The van der Waals surface area contributed by atoms with Crippen molar-refractivity contribution in [2.75, 3.05) is 26.3 Å². The molecular formula is C16H22N2O2. The van der Waals surface area contributed by atoms with E-state index in [1.165, 1.54) is 0 Å². The van der Waals surface area contributed by atoms with Crippen LogP contribution in [0.15, 0.2) is 18.5 Å². The molecule has 0 spiro atoms. The van der Waals surface area contributed by atoms with Crippen molar-refractivity contribution in [1.29, 1.82) is 0 Å². The molecule has 0 amide bonds. The van der Waals surface area contributed by atoms with E-state index in [1.807, 2.05) is 13.0 Å². The summed E-state index contributed by atoms with van der Waals surface area (Å²) in [6, 6.07) is 1.97. The Morgan fingerprint density at radius 3 is 2.60 bits per heavy atom. The molecular weight excluding hydrogens is 252 g/mol. The highest BCUT2D eigenvalue weighted by Gasteiger charge is 2.46. The van der Waals surface area contributed by atoms with Crippen LogP contribution in [0.3, 0.4) is 0 Å². The number of ether oxygens (including phenoxy) is 1. The summed E-state index contributed by atoms with van der Waals surface area (Å²) in [6.07, 6.45) is 7.74. The summed E-state index contributed by atoms with van der Waals surface area (Å²) in [4.78, 5) is 19.6. The highest BCUT2D eigenvalue weighted by molar-refractivity contribution is 6.03. The largest absolute Gasteiger partial charge is 0.379 e. The lowest BCUT2D eigenvalue weighted by atomic mass is 9.85. The van der Waals surface area contributed by atoms with E-state index in [0.717, 1.165) is 63.1 Å². The molecule has 2 aliphatic rings. The molecule has 0 radical (unpaired) electrons. The van der Waals surface area contributed by atoms with E-state index < -0.39 is 0 Å². The zero-order valence-corrected chi connectivity index (χ0v) is 12.1. The Morgan fingerprint density at radius 1 is 1.25 bits per heavy atom. The molecule has 2 fully saturated rings. The molecule has 1 aromatic rings. The second kappa shape index (κ2) is 5.62. The normalized spacial score (nSPS) is 22.9. The predicted octanol–water partition coefficient (Wildman–Crippen LogP) is 2.22. The van der Waals surface area contributed by atoms with Crippen molar-refractivity contribution in [1.82, 2.24) is 9.88 Å². The van der Waals surface area contributed by atoms with Crippen molar-refractivity contribution >= 4 is 5.78 Å². The summed E-state index contributed by atoms with van der Waals surface area (Å²) in [6.45, 7) is 5.19. The Balaban J connectivity index is 1.91. The van der Waals surface area contributed by atoms with Gasteiger partial charge in [0.15, 0.2) is 5.78 Å². The third-order valence-electron chi connectivity index (χ3n) is 4.61. The summed E-state index contributed by atoms with van der Waals surface area (Å²) in [7, 11) is 0. The number of ketones is 1. The summed E-state index contributed by atoms with van der Waals surface area (Å²) in [5.41, 5.74) is 1.50. The molecule has 2 heterocycles. The van der Waals surface area contributed by atoms with Gasteiger partial charge in [0.1, 0.15) is 0 Å². The van der Waals surface area contributed by atoms with E-state index in [4.69, 9.17) is 4.74 Å². The maximum atomic E-state index is 13.1. The second-order valence-electron chi connectivity index (χ2n) is 5.92. The van der Waals surface area contributed by atoms with Crippen LogP contribution in [0.1, 0.15) is 41.6 Å². The lowest BCUT2D eigenvalue weighted by Gasteiger charge is -2.42. The predicted molar refractivity (Wildman–Crippen MR) is 76.9 cm³/mol. The second-order valence-corrected chi connectivity index (χ2v) is 5.92. The molecule has 20 heavy (non-hydrogen) atoms. The summed E-state index contributed by atoms with van der Waals surface area (Å²) < 4.78 is 5.44. The highest BCUT2D eigenvalue weighted by atomic mass is 16.5. The number of hydrogen-bond donors (Lipinski definition) is 0. The van der Waals surface area contributed by atoms with Crippen LogP contribution in [-0.4, -0.2) is 47.5 Å². The van der Waals surface area contributed by atoms with Gasteiger partial charge in [0.2, 0.25) is 0 Å². The number of pyridine rings is 1. The molecule has 1 saturated carbocycles. The van der Waals surface area contributed by atoms with Crippen LogP contribution in [0.4, 0.5) is 0 Å². The Kier molecular flexibility index (Phi) is 3.85. The molecule has 3 rings (SSSR count). The molecule has 1 aromatic heterocycles. The molecule has 0 bridgehead atoms. The fourth-order valence-corrected chi connectivity index (χ4v) is 3.59. The fourth-order valence-electron chi connectivity index (χ4n) is 3.59. The number of aromatic nitrogens is 1. The molecule has 1 saturated heterocycles. The number of morpholine rings is 1. The van der Waals surface area contributed by atoms with Crippen LogP contribution in [0, 0.1) is 6.92 Å². The van der Waals surface area contributed by atoms with Gasteiger partial charge in [0.05, 0.1) is 18.8 Å². The van der Waals surface area contributed by atoms with Crippen molar-refractivity contribution in [2.45, 2.75) is 38.1 Å². The first kappa shape index (κ1) is 13.7. The molecule has 4 heteroatoms. The van der Waals surface area contributed by atoms with Gasteiger partial charge >= 0.3 is 0 Å². The molecule has 108 valence electrons. The van der Waals surface area contributed by atoms with Gasteiger partial charge < -0.3 is 4.74 Å². The first-order chi connectivity index (χ1) is 9.72. The Hall–Kier alpha value is -1.26. The zero-order chi connectivity index (χ0) is 14.0. The first-order valence-corrected chi connectivity index (χ1v) is 7.52. The number of rotatable bonds is 3. The van der Waals surface area contributed by atoms with Gasteiger partial charge in [-0.2, -0.15) is 0 Å². The van der Waals surface area contributed by atoms with E-state index >= 15 is 0 Å². The number of carbonyl (C=O) groups is 1. The van der Waals surface area contributed by atoms with Crippen LogP contribution in [0.25, 0.3) is 0 Å². The van der Waals surface area contributed by atoms with Gasteiger partial charge in [-0.15, -0.1) is 0 Å². The van der Waals surface area contributed by atoms with E-state index in [2.05, 4.69) is 9.88 Å². The van der Waals surface area contributed by atoms with E-state index in [9.17, 15) is 4.79 Å². The molecule has 0 atom stereocenters. The maximum absolute atomic E-state index is 13.1. The molecule has 0 aromatic carbocycles. The van der Waals surface area contributed by atoms with Gasteiger partial charge in [0.25, 0.3) is 0 Å². The Morgan fingerprint density at radius 2 is 1.95 bits per heavy atom. The Bertz CT molecular complexity index is 489. The molecule has 4 nitrogen and oxygen atoms in total. The van der Waals surface area contributed by atoms with Crippen molar-refractivity contribution < 1.29 is 9.53 Å². The first-order valence-electron chi connectivity index (χ1n) is 7.52. The van der Waals surface area contributed by atoms with Gasteiger partial charge in [-0.1, -0.05) is 12.8 Å². The SMILES string of the molecule is Cc1cncc(C(=O)C2(N3CCOCC3)CCCC2)c1. The number of carbonyl (C=O) groups excluding carboxylic acids is 1. The smallest absolute Gasteiger partial charge is 0.184 e. The number of Topliss-reactive ketones (excluding diaryl/α,β-unsaturated/α-hetero) is 1. The van der Waals surface area contributed by atoms with E-state index in [1.54, 1.807) is 12.4 Å². The van der Waals surface area contributed by atoms with Crippen LogP contribution in [0.5, 0.6) is 0 Å². The third-order valence-corrected chi connectivity index (χ3v) is 4.61. The van der Waals surface area contributed by atoms with Crippen LogP contribution in [0.2, 0.25) is 0 Å². The summed E-state index contributed by atoms with van der Waals surface area (Å²) in [5.74, 6) is 0.258. The minimum Gasteiger partial charge on any atom is -0.379 e. The van der Waals surface area contributed by atoms with Gasteiger partial charge in [-0.25, -0.2) is 0 Å². The average molecular weight is 274 g/mol. The molecule has 0 N–H and O–H groups in total. The minimum atomic E-state index is -0.306. The van der Waals surface area contributed by atoms with Crippen molar-refractivity contribution in [3.63, 3.8) is 0 Å². The lowest BCUT2D eigenvalue weighted by Crippen LogP contribution is -2.56. The standard InChI is InChI=1S/C16H22N2O2/c1-13-10-14(12-17-11-13)15(19)16(4-2-3-5-16)18-6-8-20-9-7-18/h10-12H,2-9H2,1H3. The number of nitrogens with zero attached hydrogens (tertiary/aromatic N) is 2. The van der Waals surface area contributed by atoms with Crippen LogP contribution < -0.4 is 0 Å². The topological polar surface area (TPSA) is 42.4 Å². The van der Waals surface area contributed by atoms with Crippen LogP contribution >= 0.6 is 0 Å². The zero-order valence-electron chi connectivity index (χ0n) is 12.1. The van der Waals surface area contributed by atoms with Crippen molar-refractivity contribution in [3.8, 4) is 0 Å². The minimum absolute atomic E-state index is 0.258. The molecule has 0 unspecified atom stereocenters. The molecule has 1 aliphatic heterocycles. The van der Waals surface area contributed by atoms with E-state index in [-0.39, 0.29) is 11.3 Å². The van der Waals surface area contributed by atoms with Gasteiger partial charge in [-0.3, -0.25) is 14.7 Å².